The van der Waals surface area contributed by atoms with E-state index in [-0.39, 0.29) is 12.2 Å². The van der Waals surface area contributed by atoms with E-state index in [1.165, 1.54) is 44.0 Å². The average Bonchev–Trinajstić information content (AvgIpc) is 2.82. The molecular weight excluding hydrogens is 508 g/mol. The maximum absolute atomic E-state index is 14.3. The van der Waals surface area contributed by atoms with Gasteiger partial charge in [-0.25, -0.2) is 9.18 Å². The maximum atomic E-state index is 14.3. The van der Waals surface area contributed by atoms with Crippen molar-refractivity contribution < 1.29 is 18.8 Å². The Morgan fingerprint density at radius 2 is 1.64 bits per heavy atom. The molecule has 0 saturated heterocycles. The molecule has 2 aromatic rings. The van der Waals surface area contributed by atoms with Gasteiger partial charge in [-0.1, -0.05) is 23.2 Å². The lowest BCUT2D eigenvalue weighted by atomic mass is 9.98. The van der Waals surface area contributed by atoms with Crippen molar-refractivity contribution in [3.63, 3.8) is 0 Å². The van der Waals surface area contributed by atoms with Crippen molar-refractivity contribution >= 4 is 58.1 Å². The van der Waals surface area contributed by atoms with Crippen LogP contribution in [0, 0.1) is 5.82 Å². The molecule has 1 aliphatic heterocycles. The van der Waals surface area contributed by atoms with Gasteiger partial charge in [0.1, 0.15) is 17.4 Å². The highest BCUT2D eigenvalue weighted by molar-refractivity contribution is 6.35. The number of urea groups is 1. The molecule has 0 bridgehead atoms. The molecule has 36 heavy (non-hydrogen) atoms. The van der Waals surface area contributed by atoms with Crippen molar-refractivity contribution in [2.24, 2.45) is 5.73 Å². The molecule has 0 aromatic heterocycles. The predicted molar refractivity (Wildman–Crippen MR) is 140 cm³/mol. The minimum atomic E-state index is -1.56. The fourth-order valence-corrected chi connectivity index (χ4v) is 4.62. The zero-order valence-corrected chi connectivity index (χ0v) is 22.5. The molecule has 0 spiro atoms. The first-order valence-electron chi connectivity index (χ1n) is 11.2. The first-order valence-corrected chi connectivity index (χ1v) is 12.0. The van der Waals surface area contributed by atoms with Crippen LogP contribution in [0.25, 0.3) is 0 Å². The predicted octanol–water partition coefficient (Wildman–Crippen LogP) is 4.69. The number of halogens is 3. The monoisotopic (exact) mass is 537 g/mol. The summed E-state index contributed by atoms with van der Waals surface area (Å²) in [5.41, 5.74) is 4.75. The van der Waals surface area contributed by atoms with Crippen LogP contribution in [0.3, 0.4) is 0 Å². The van der Waals surface area contributed by atoms with Gasteiger partial charge < -0.3 is 20.9 Å². The topological polar surface area (TPSA) is 99.0 Å². The van der Waals surface area contributed by atoms with E-state index in [1.807, 2.05) is 0 Å². The summed E-state index contributed by atoms with van der Waals surface area (Å²) in [6.07, 6.45) is 0. The lowest BCUT2D eigenvalue weighted by Gasteiger charge is -2.43. The number of rotatable bonds is 4. The van der Waals surface area contributed by atoms with E-state index < -0.39 is 40.8 Å². The highest BCUT2D eigenvalue weighted by atomic mass is 35.5. The van der Waals surface area contributed by atoms with E-state index in [0.717, 1.165) is 4.90 Å². The molecule has 194 valence electrons. The van der Waals surface area contributed by atoms with Gasteiger partial charge in [0, 0.05) is 28.3 Å². The lowest BCUT2D eigenvalue weighted by Crippen LogP contribution is -2.67. The molecule has 8 nitrogen and oxygen atoms in total. The summed E-state index contributed by atoms with van der Waals surface area (Å²) in [4.78, 5) is 44.1. The Morgan fingerprint density at radius 3 is 2.17 bits per heavy atom. The zero-order chi connectivity index (χ0) is 27.2. The second kappa shape index (κ2) is 9.78. The zero-order valence-electron chi connectivity index (χ0n) is 21.0. The SMILES string of the molecule is CN1C(=O)[C@@H](N(C(=O)NC(C)(C)C)C(C)(C)C(N)=O)CN(c2cc(Cl)cc(Cl)c2)c2ccc(F)cc21. The summed E-state index contributed by atoms with van der Waals surface area (Å²) in [7, 11) is 1.49. The van der Waals surface area contributed by atoms with E-state index >= 15 is 0 Å². The molecule has 3 N–H and O–H groups in total. The average molecular weight is 538 g/mol. The fourth-order valence-electron chi connectivity index (χ4n) is 4.10. The van der Waals surface area contributed by atoms with Crippen LogP contribution in [-0.2, 0) is 9.59 Å². The van der Waals surface area contributed by atoms with E-state index in [9.17, 15) is 18.8 Å². The normalized spacial score (nSPS) is 16.4. The number of benzene rings is 2. The van der Waals surface area contributed by atoms with Crippen LogP contribution in [0.2, 0.25) is 10.0 Å². The minimum Gasteiger partial charge on any atom is -0.368 e. The van der Waals surface area contributed by atoms with Crippen LogP contribution in [0.4, 0.5) is 26.2 Å². The second-order valence-corrected chi connectivity index (χ2v) is 11.1. The molecule has 2 aromatic carbocycles. The number of carbonyl (C=O) groups is 3. The van der Waals surface area contributed by atoms with Crippen LogP contribution in [0.5, 0.6) is 0 Å². The number of nitrogens with two attached hydrogens (primary N) is 1. The minimum absolute atomic E-state index is 0.0905. The summed E-state index contributed by atoms with van der Waals surface area (Å²) in [5, 5.41) is 3.52. The van der Waals surface area contributed by atoms with Gasteiger partial charge in [0.25, 0.3) is 5.91 Å². The van der Waals surface area contributed by atoms with Gasteiger partial charge in [-0.05, 0) is 71.0 Å². The summed E-state index contributed by atoms with van der Waals surface area (Å²) < 4.78 is 14.3. The Labute approximate surface area is 220 Å². The van der Waals surface area contributed by atoms with Gasteiger partial charge in [-0.3, -0.25) is 14.5 Å². The van der Waals surface area contributed by atoms with Gasteiger partial charge in [0.15, 0.2) is 0 Å². The summed E-state index contributed by atoms with van der Waals surface area (Å²) >= 11 is 12.5. The van der Waals surface area contributed by atoms with Gasteiger partial charge in [0.05, 0.1) is 17.9 Å². The molecule has 1 atom stereocenters. The Kier molecular flexibility index (Phi) is 7.49. The number of amides is 4. The van der Waals surface area contributed by atoms with Crippen LogP contribution < -0.4 is 20.9 Å². The number of fused-ring (bicyclic) bond motifs is 1. The van der Waals surface area contributed by atoms with E-state index in [0.29, 0.717) is 21.4 Å². The third kappa shape index (κ3) is 5.52. The van der Waals surface area contributed by atoms with Crippen molar-refractivity contribution in [3.8, 4) is 0 Å². The number of likely N-dealkylation sites (N-methyl/N-ethyl adjacent to an activating group) is 1. The largest absolute Gasteiger partial charge is 0.368 e. The Balaban J connectivity index is 2.26. The smallest absolute Gasteiger partial charge is 0.319 e. The van der Waals surface area contributed by atoms with E-state index in [4.69, 9.17) is 28.9 Å². The molecule has 1 aliphatic rings. The highest BCUT2D eigenvalue weighted by Crippen LogP contribution is 2.40. The molecule has 0 radical (unpaired) electrons. The number of hydrogen-bond acceptors (Lipinski definition) is 4. The quantitative estimate of drug-likeness (QED) is 0.590. The first-order chi connectivity index (χ1) is 16.5. The van der Waals surface area contributed by atoms with Crippen LogP contribution >= 0.6 is 23.2 Å². The molecule has 4 amide bonds. The molecule has 11 heteroatoms. The molecule has 1 heterocycles. The number of anilines is 3. The van der Waals surface area contributed by atoms with Crippen molar-refractivity contribution in [1.29, 1.82) is 0 Å². The van der Waals surface area contributed by atoms with E-state index in [1.54, 1.807) is 43.9 Å². The molecule has 0 aliphatic carbocycles. The van der Waals surface area contributed by atoms with Crippen LogP contribution in [0.1, 0.15) is 34.6 Å². The fraction of sp³-hybridized carbons (Fsp3) is 0.400. The van der Waals surface area contributed by atoms with E-state index in [2.05, 4.69) is 5.32 Å². The lowest BCUT2D eigenvalue weighted by molar-refractivity contribution is -0.131. The van der Waals surface area contributed by atoms with Crippen molar-refractivity contribution in [3.05, 3.63) is 52.3 Å². The highest BCUT2D eigenvalue weighted by Gasteiger charge is 2.47. The van der Waals surface area contributed by atoms with Gasteiger partial charge in [-0.15, -0.1) is 0 Å². The summed E-state index contributed by atoms with van der Waals surface area (Å²) in [5.74, 6) is -1.88. The Morgan fingerprint density at radius 1 is 1.06 bits per heavy atom. The van der Waals surface area contributed by atoms with Gasteiger partial charge >= 0.3 is 6.03 Å². The van der Waals surface area contributed by atoms with Crippen molar-refractivity contribution in [2.75, 3.05) is 23.4 Å². The van der Waals surface area contributed by atoms with Crippen LogP contribution in [-0.4, -0.2) is 53.5 Å². The third-order valence-corrected chi connectivity index (χ3v) is 6.37. The number of primary amides is 1. The number of nitrogens with one attached hydrogen (secondary N) is 1. The van der Waals surface area contributed by atoms with Gasteiger partial charge in [0.2, 0.25) is 5.91 Å². The maximum Gasteiger partial charge on any atom is 0.319 e. The molecule has 3 rings (SSSR count). The Bertz CT molecular complexity index is 1190. The van der Waals surface area contributed by atoms with Crippen molar-refractivity contribution in [1.82, 2.24) is 10.2 Å². The number of hydrogen-bond donors (Lipinski definition) is 2. The second-order valence-electron chi connectivity index (χ2n) is 10.3. The number of nitrogens with zero attached hydrogens (tertiary/aromatic N) is 3. The van der Waals surface area contributed by atoms with Crippen molar-refractivity contribution in [2.45, 2.75) is 51.7 Å². The van der Waals surface area contributed by atoms with Gasteiger partial charge in [-0.2, -0.15) is 0 Å². The molecular formula is C25H30Cl2FN5O3. The molecule has 0 unspecified atom stereocenters. The third-order valence-electron chi connectivity index (χ3n) is 5.94. The van der Waals surface area contributed by atoms with Crippen LogP contribution in [0.15, 0.2) is 36.4 Å². The Hall–Kier alpha value is -3.04. The summed E-state index contributed by atoms with van der Waals surface area (Å²) in [6, 6.07) is 7.03. The molecule has 0 saturated carbocycles. The molecule has 0 fully saturated rings. The number of carbonyl (C=O) groups excluding carboxylic acids is 3. The summed E-state index contributed by atoms with van der Waals surface area (Å²) in [6.45, 7) is 8.19. The first kappa shape index (κ1) is 27.5. The standard InChI is InChI=1S/C25H30Cl2FN5O3/c1-24(2,3)30-23(36)33(25(4,5)22(29)35)20-13-32(17-10-14(26)9-15(27)11-17)18-8-7-16(28)12-19(18)31(6)21(20)34/h7-12,20H,13H2,1-6H3,(H2,29,35)(H,30,36)/t20-/m0/s1.